The van der Waals surface area contributed by atoms with Gasteiger partial charge in [0.05, 0.1) is 12.0 Å². The van der Waals surface area contributed by atoms with Crippen LogP contribution in [0.1, 0.15) is 12.5 Å². The molecule has 1 rings (SSSR count). The first kappa shape index (κ1) is 17.6. The van der Waals surface area contributed by atoms with Crippen LogP contribution in [0.25, 0.3) is 0 Å². The van der Waals surface area contributed by atoms with Gasteiger partial charge in [-0.05, 0) is 24.6 Å². The summed E-state index contributed by atoms with van der Waals surface area (Å²) in [7, 11) is 1.18. The molecule has 0 aliphatic rings. The second kappa shape index (κ2) is 8.13. The Morgan fingerprint density at radius 2 is 1.91 bits per heavy atom. The average Bonchev–Trinajstić information content (AvgIpc) is 2.49. The normalized spacial score (nSPS) is 11.2. The molecular weight excluding hydrogens is 360 g/mol. The van der Waals surface area contributed by atoms with Crippen molar-refractivity contribution in [1.29, 1.82) is 0 Å². The minimum Gasteiger partial charge on any atom is -0.464 e. The number of carbonyl (C=O) groups excluding carboxylic acids is 2. The second-order valence-electron chi connectivity index (χ2n) is 4.02. The molecule has 0 radical (unpaired) electrons. The van der Waals surface area contributed by atoms with Crippen LogP contribution in [0.5, 0.6) is 0 Å². The molecule has 0 bridgehead atoms. The van der Waals surface area contributed by atoms with E-state index < -0.39 is 17.0 Å². The highest BCUT2D eigenvalue weighted by Gasteiger charge is 2.16. The van der Waals surface area contributed by atoms with Crippen molar-refractivity contribution in [2.24, 2.45) is 0 Å². The van der Waals surface area contributed by atoms with Crippen molar-refractivity contribution in [2.45, 2.75) is 13.5 Å². The zero-order valence-corrected chi connectivity index (χ0v) is 13.4. The van der Waals surface area contributed by atoms with Gasteiger partial charge in [0.15, 0.2) is 0 Å². The van der Waals surface area contributed by atoms with Crippen molar-refractivity contribution in [2.75, 3.05) is 7.11 Å². The highest BCUT2D eigenvalue weighted by molar-refractivity contribution is 9.11. The van der Waals surface area contributed by atoms with Crippen LogP contribution in [0.4, 0.5) is 10.5 Å². The largest absolute Gasteiger partial charge is 0.464 e. The maximum absolute atomic E-state index is 11.6. The van der Waals surface area contributed by atoms with E-state index in [1.807, 2.05) is 0 Å². The Hall–Kier alpha value is -2.42. The zero-order valence-electron chi connectivity index (χ0n) is 11.8. The number of hydrogen-bond donors (Lipinski definition) is 1. The third-order valence-electron chi connectivity index (χ3n) is 2.48. The minimum atomic E-state index is -0.849. The molecule has 0 aromatic heterocycles. The standard InChI is InChI=1S/C13H13BrN2O6/c1-8(14)11(12(17)21-2)15-13(18)22-7-9-3-5-10(6-4-9)16(19)20/h3-6H,7H2,1-2H3,(H,15,18)/b11-8+. The van der Waals surface area contributed by atoms with Crippen molar-refractivity contribution in [1.82, 2.24) is 5.32 Å². The maximum atomic E-state index is 11.6. The minimum absolute atomic E-state index is 0.0565. The number of hydrogen-bond acceptors (Lipinski definition) is 6. The predicted molar refractivity (Wildman–Crippen MR) is 80.1 cm³/mol. The van der Waals surface area contributed by atoms with Gasteiger partial charge in [0, 0.05) is 16.6 Å². The number of ether oxygens (including phenoxy) is 2. The van der Waals surface area contributed by atoms with E-state index in [-0.39, 0.29) is 18.0 Å². The molecule has 0 heterocycles. The van der Waals surface area contributed by atoms with Gasteiger partial charge in [-0.1, -0.05) is 15.9 Å². The fourth-order valence-electron chi connectivity index (χ4n) is 1.38. The first-order valence-electron chi connectivity index (χ1n) is 5.97. The van der Waals surface area contributed by atoms with E-state index in [1.165, 1.54) is 31.4 Å². The van der Waals surface area contributed by atoms with Gasteiger partial charge < -0.3 is 9.47 Å². The quantitative estimate of drug-likeness (QED) is 0.368. The Morgan fingerprint density at radius 3 is 2.36 bits per heavy atom. The van der Waals surface area contributed by atoms with E-state index >= 15 is 0 Å². The van der Waals surface area contributed by atoms with Crippen LogP contribution in [0.15, 0.2) is 34.4 Å². The Balaban J connectivity index is 2.61. The fourth-order valence-corrected chi connectivity index (χ4v) is 1.64. The molecule has 8 nitrogen and oxygen atoms in total. The number of esters is 1. The first-order chi connectivity index (χ1) is 10.3. The highest BCUT2D eigenvalue weighted by atomic mass is 79.9. The monoisotopic (exact) mass is 372 g/mol. The SMILES string of the molecule is COC(=O)/C(NC(=O)OCc1ccc([N+](=O)[O-])cc1)=C(/C)Br. The summed E-state index contributed by atoms with van der Waals surface area (Å²) < 4.78 is 9.81. The summed E-state index contributed by atoms with van der Waals surface area (Å²) in [6, 6.07) is 5.55. The average molecular weight is 373 g/mol. The molecule has 22 heavy (non-hydrogen) atoms. The number of nitrogens with zero attached hydrogens (tertiary/aromatic N) is 1. The van der Waals surface area contributed by atoms with Crippen LogP contribution in [0, 0.1) is 10.1 Å². The Morgan fingerprint density at radius 1 is 1.32 bits per heavy atom. The predicted octanol–water partition coefficient (Wildman–Crippen LogP) is 2.62. The van der Waals surface area contributed by atoms with Crippen LogP contribution >= 0.6 is 15.9 Å². The summed E-state index contributed by atoms with van der Waals surface area (Å²) >= 11 is 3.07. The summed E-state index contributed by atoms with van der Waals surface area (Å²) in [6.07, 6.45) is -0.849. The molecule has 1 aromatic rings. The third kappa shape index (κ3) is 5.17. The van der Waals surface area contributed by atoms with Crippen molar-refractivity contribution < 1.29 is 24.0 Å². The van der Waals surface area contributed by atoms with E-state index in [0.29, 0.717) is 10.0 Å². The van der Waals surface area contributed by atoms with Crippen LogP contribution in [0.3, 0.4) is 0 Å². The van der Waals surface area contributed by atoms with Crippen LogP contribution in [-0.4, -0.2) is 24.1 Å². The molecule has 0 saturated carbocycles. The van der Waals surface area contributed by atoms with Crippen molar-refractivity contribution in [3.63, 3.8) is 0 Å². The molecule has 0 unspecified atom stereocenters. The van der Waals surface area contributed by atoms with E-state index in [0.717, 1.165) is 0 Å². The molecule has 0 aliphatic carbocycles. The molecule has 1 N–H and O–H groups in total. The van der Waals surface area contributed by atoms with Gasteiger partial charge in [0.2, 0.25) is 0 Å². The van der Waals surface area contributed by atoms with Crippen molar-refractivity contribution in [3.8, 4) is 0 Å². The molecule has 1 amide bonds. The smallest absolute Gasteiger partial charge is 0.412 e. The topological polar surface area (TPSA) is 108 Å². The first-order valence-corrected chi connectivity index (χ1v) is 6.76. The van der Waals surface area contributed by atoms with Gasteiger partial charge in [-0.3, -0.25) is 15.4 Å². The van der Waals surface area contributed by atoms with Gasteiger partial charge in [0.1, 0.15) is 12.3 Å². The molecule has 9 heteroatoms. The molecule has 0 aliphatic heterocycles. The number of benzene rings is 1. The van der Waals surface area contributed by atoms with Crippen LogP contribution in [0.2, 0.25) is 0 Å². The molecule has 0 spiro atoms. The number of non-ortho nitro benzene ring substituents is 1. The van der Waals surface area contributed by atoms with Crippen LogP contribution in [-0.2, 0) is 20.9 Å². The van der Waals surface area contributed by atoms with Gasteiger partial charge >= 0.3 is 12.1 Å². The van der Waals surface area contributed by atoms with Gasteiger partial charge in [-0.15, -0.1) is 0 Å². The molecular formula is C13H13BrN2O6. The lowest BCUT2D eigenvalue weighted by Gasteiger charge is -2.09. The summed E-state index contributed by atoms with van der Waals surface area (Å²) in [6.45, 7) is 1.46. The van der Waals surface area contributed by atoms with E-state index in [9.17, 15) is 19.7 Å². The maximum Gasteiger partial charge on any atom is 0.412 e. The van der Waals surface area contributed by atoms with E-state index in [2.05, 4.69) is 26.0 Å². The number of nitro benzene ring substituents is 1. The second-order valence-corrected chi connectivity index (χ2v) is 5.21. The third-order valence-corrected chi connectivity index (χ3v) is 2.87. The van der Waals surface area contributed by atoms with E-state index in [1.54, 1.807) is 6.92 Å². The highest BCUT2D eigenvalue weighted by Crippen LogP contribution is 2.13. The summed E-state index contributed by atoms with van der Waals surface area (Å²) in [4.78, 5) is 33.0. The van der Waals surface area contributed by atoms with Crippen molar-refractivity contribution in [3.05, 3.63) is 50.1 Å². The fraction of sp³-hybridized carbons (Fsp3) is 0.231. The van der Waals surface area contributed by atoms with Crippen molar-refractivity contribution >= 4 is 33.7 Å². The Bertz CT molecular complexity index is 607. The van der Waals surface area contributed by atoms with Crippen LogP contribution < -0.4 is 5.32 Å². The Kier molecular flexibility index (Phi) is 6.51. The number of allylic oxidation sites excluding steroid dienone is 1. The number of methoxy groups -OCH3 is 1. The molecule has 0 saturated heterocycles. The van der Waals surface area contributed by atoms with Gasteiger partial charge in [-0.25, -0.2) is 9.59 Å². The number of nitro groups is 1. The number of rotatable bonds is 5. The Labute approximate surface area is 134 Å². The summed E-state index contributed by atoms with van der Waals surface area (Å²) in [5.74, 6) is -0.721. The molecule has 118 valence electrons. The molecule has 0 atom stereocenters. The lowest BCUT2D eigenvalue weighted by atomic mass is 10.2. The number of alkyl carbamates (subject to hydrolysis) is 1. The van der Waals surface area contributed by atoms with E-state index in [4.69, 9.17) is 4.74 Å². The number of halogens is 1. The number of carbonyl (C=O) groups is 2. The van der Waals surface area contributed by atoms with Gasteiger partial charge in [0.25, 0.3) is 5.69 Å². The lowest BCUT2D eigenvalue weighted by Crippen LogP contribution is -2.29. The molecule has 1 aromatic carbocycles. The lowest BCUT2D eigenvalue weighted by molar-refractivity contribution is -0.384. The summed E-state index contributed by atoms with van der Waals surface area (Å²) in [5.41, 5.74) is 0.440. The molecule has 0 fully saturated rings. The summed E-state index contributed by atoms with van der Waals surface area (Å²) in [5, 5.41) is 12.8. The number of nitrogens with one attached hydrogen (secondary N) is 1. The van der Waals surface area contributed by atoms with Gasteiger partial charge in [-0.2, -0.15) is 0 Å². The zero-order chi connectivity index (χ0) is 16.7. The number of amides is 1.